The van der Waals surface area contributed by atoms with Crippen molar-refractivity contribution in [1.82, 2.24) is 9.13 Å². The Balaban J connectivity index is 1.70. The van der Waals surface area contributed by atoms with Gasteiger partial charge in [-0.25, -0.2) is 0 Å². The molecule has 0 saturated heterocycles. The molecule has 0 unspecified atom stereocenters. The number of para-hydroxylation sites is 2. The van der Waals surface area contributed by atoms with Crippen molar-refractivity contribution in [2.45, 2.75) is 79.1 Å². The maximum absolute atomic E-state index is 14.4. The van der Waals surface area contributed by atoms with E-state index in [2.05, 4.69) is 101 Å². The molecule has 7 rings (SSSR count). The van der Waals surface area contributed by atoms with Gasteiger partial charge in [-0.15, -0.1) is 0 Å². The smallest absolute Gasteiger partial charge is 0.197 e. The molecule has 0 aliphatic carbocycles. The largest absolute Gasteiger partial charge is 0.309 e. The molecule has 242 valence electrons. The molecule has 0 N–H and O–H groups in total. The Morgan fingerprint density at radius 3 is 1.00 bits per heavy atom. The van der Waals surface area contributed by atoms with Gasteiger partial charge < -0.3 is 9.13 Å². The molecule has 5 aromatic carbocycles. The van der Waals surface area contributed by atoms with Crippen molar-refractivity contribution in [3.63, 3.8) is 0 Å². The molecule has 0 fully saturated rings. The van der Waals surface area contributed by atoms with Gasteiger partial charge >= 0.3 is 0 Å². The first-order valence-corrected chi connectivity index (χ1v) is 17.3. The van der Waals surface area contributed by atoms with Crippen LogP contribution in [0.25, 0.3) is 55.0 Å². The minimum absolute atomic E-state index is 0.0335. The Kier molecular flexibility index (Phi) is 7.86. The molecule has 0 bridgehead atoms. The number of rotatable bonds is 6. The number of nitrogens with zero attached hydrogens (tertiary/aromatic N) is 2. The summed E-state index contributed by atoms with van der Waals surface area (Å²) in [6.07, 6.45) is 0. The van der Waals surface area contributed by atoms with Crippen LogP contribution in [0.4, 0.5) is 0 Å². The van der Waals surface area contributed by atoms with E-state index >= 15 is 0 Å². The molecule has 2 heterocycles. The molecular weight excluding hydrogens is 588 g/mol. The Hall–Kier alpha value is -4.96. The number of benzene rings is 5. The van der Waals surface area contributed by atoms with E-state index in [0.29, 0.717) is 45.2 Å². The van der Waals surface area contributed by atoms with Gasteiger partial charge in [0.25, 0.3) is 0 Å². The van der Waals surface area contributed by atoms with Gasteiger partial charge in [-0.05, 0) is 107 Å². The van der Waals surface area contributed by atoms with Crippen molar-refractivity contribution in [3.05, 3.63) is 140 Å². The summed E-state index contributed by atoms with van der Waals surface area (Å²) >= 11 is 0. The summed E-state index contributed by atoms with van der Waals surface area (Å²) in [6.45, 7) is 17.7. The lowest BCUT2D eigenvalue weighted by Crippen LogP contribution is -2.15. The standard InChI is InChI=1S/C44H44N2O2/c1-25(2)29-17-30(26(3)4)20-33(19-29)45-39-15-11-9-13-35(39)43(47)37-24-42-38(23-41(37)45)44(48)36-14-10-12-16-40(36)46(42)34-21-31(27(5)6)18-32(22-34)28(7)8/h9-28H,1-8H3. The third-order valence-corrected chi connectivity index (χ3v) is 9.97. The molecule has 0 amide bonds. The van der Waals surface area contributed by atoms with Crippen LogP contribution in [0.15, 0.2) is 107 Å². The van der Waals surface area contributed by atoms with Gasteiger partial charge in [-0.2, -0.15) is 0 Å². The van der Waals surface area contributed by atoms with E-state index in [4.69, 9.17) is 0 Å². The van der Waals surface area contributed by atoms with Gasteiger partial charge in [0.05, 0.1) is 22.1 Å². The van der Waals surface area contributed by atoms with Crippen LogP contribution in [0.3, 0.4) is 0 Å². The molecule has 4 nitrogen and oxygen atoms in total. The quantitative estimate of drug-likeness (QED) is 0.171. The van der Waals surface area contributed by atoms with Crippen molar-refractivity contribution < 1.29 is 0 Å². The van der Waals surface area contributed by atoms with Gasteiger partial charge in [-0.3, -0.25) is 9.59 Å². The first-order valence-electron chi connectivity index (χ1n) is 17.3. The zero-order chi connectivity index (χ0) is 34.0. The molecule has 0 spiro atoms. The second-order valence-electron chi connectivity index (χ2n) is 14.6. The van der Waals surface area contributed by atoms with Gasteiger partial charge in [0, 0.05) is 32.9 Å². The highest BCUT2D eigenvalue weighted by atomic mass is 16.1. The number of fused-ring (bicyclic) bond motifs is 4. The van der Waals surface area contributed by atoms with Crippen LogP contribution in [0.2, 0.25) is 0 Å². The minimum atomic E-state index is -0.0335. The summed E-state index contributed by atoms with van der Waals surface area (Å²) in [4.78, 5) is 28.9. The fourth-order valence-corrected chi connectivity index (χ4v) is 7.05. The Labute approximate surface area is 282 Å². The molecule has 0 aliphatic rings. The average molecular weight is 633 g/mol. The van der Waals surface area contributed by atoms with Crippen LogP contribution in [0.5, 0.6) is 0 Å². The molecule has 7 aromatic rings. The van der Waals surface area contributed by atoms with E-state index in [1.54, 1.807) is 0 Å². The van der Waals surface area contributed by atoms with Gasteiger partial charge in [0.1, 0.15) is 0 Å². The van der Waals surface area contributed by atoms with Crippen LogP contribution >= 0.6 is 0 Å². The fourth-order valence-electron chi connectivity index (χ4n) is 7.05. The molecule has 4 heteroatoms. The van der Waals surface area contributed by atoms with Crippen molar-refractivity contribution in [3.8, 4) is 11.4 Å². The topological polar surface area (TPSA) is 44.0 Å². The van der Waals surface area contributed by atoms with Crippen molar-refractivity contribution in [1.29, 1.82) is 0 Å². The first kappa shape index (κ1) is 31.6. The normalized spacial score (nSPS) is 12.2. The van der Waals surface area contributed by atoms with E-state index < -0.39 is 0 Å². The van der Waals surface area contributed by atoms with Crippen LogP contribution in [0.1, 0.15) is 101 Å². The lowest BCUT2D eigenvalue weighted by molar-refractivity contribution is 0.830. The van der Waals surface area contributed by atoms with E-state index in [1.165, 1.54) is 22.3 Å². The van der Waals surface area contributed by atoms with Gasteiger partial charge in [0.15, 0.2) is 10.9 Å². The van der Waals surface area contributed by atoms with Crippen LogP contribution in [-0.4, -0.2) is 9.13 Å². The molecule has 2 aromatic heterocycles. The number of pyridine rings is 2. The third-order valence-electron chi connectivity index (χ3n) is 9.97. The summed E-state index contributed by atoms with van der Waals surface area (Å²) in [5.41, 5.74) is 10.0. The Morgan fingerprint density at radius 1 is 0.375 bits per heavy atom. The molecule has 0 radical (unpaired) electrons. The van der Waals surface area contributed by atoms with Crippen molar-refractivity contribution in [2.24, 2.45) is 0 Å². The van der Waals surface area contributed by atoms with Crippen molar-refractivity contribution >= 4 is 43.6 Å². The molecule has 48 heavy (non-hydrogen) atoms. The van der Waals surface area contributed by atoms with Gasteiger partial charge in [0.2, 0.25) is 0 Å². The number of hydrogen-bond acceptors (Lipinski definition) is 2. The number of hydrogen-bond donors (Lipinski definition) is 0. The monoisotopic (exact) mass is 632 g/mol. The maximum Gasteiger partial charge on any atom is 0.197 e. The highest BCUT2D eigenvalue weighted by Gasteiger charge is 2.20. The fraction of sp³-hybridized carbons (Fsp3) is 0.273. The SMILES string of the molecule is CC(C)c1cc(C(C)C)cc(-n2c3ccccc3c(=O)c3cc4c(cc32)c(=O)c2ccccc2n4-c2cc(C(C)C)cc(C(C)C)c2)c1. The molecular formula is C44H44N2O2. The highest BCUT2D eigenvalue weighted by Crippen LogP contribution is 2.34. The predicted molar refractivity (Wildman–Crippen MR) is 204 cm³/mol. The van der Waals surface area contributed by atoms with Crippen LogP contribution < -0.4 is 10.9 Å². The zero-order valence-corrected chi connectivity index (χ0v) is 29.3. The Morgan fingerprint density at radius 2 is 0.688 bits per heavy atom. The van der Waals surface area contributed by atoms with Crippen LogP contribution in [0, 0.1) is 0 Å². The lowest BCUT2D eigenvalue weighted by atomic mass is 9.94. The van der Waals surface area contributed by atoms with E-state index in [1.807, 2.05) is 60.7 Å². The summed E-state index contributed by atoms with van der Waals surface area (Å²) < 4.78 is 4.39. The zero-order valence-electron chi connectivity index (χ0n) is 29.3. The lowest BCUT2D eigenvalue weighted by Gasteiger charge is -2.22. The highest BCUT2D eigenvalue weighted by molar-refractivity contribution is 6.05. The minimum Gasteiger partial charge on any atom is -0.309 e. The van der Waals surface area contributed by atoms with Gasteiger partial charge in [-0.1, -0.05) is 91.8 Å². The van der Waals surface area contributed by atoms with Crippen molar-refractivity contribution in [2.75, 3.05) is 0 Å². The van der Waals surface area contributed by atoms with Crippen LogP contribution in [-0.2, 0) is 0 Å². The summed E-state index contributed by atoms with van der Waals surface area (Å²) in [6, 6.07) is 33.2. The molecule has 0 saturated carbocycles. The molecule has 0 atom stereocenters. The third kappa shape index (κ3) is 5.15. The Bertz CT molecular complexity index is 2280. The maximum atomic E-state index is 14.4. The second-order valence-corrected chi connectivity index (χ2v) is 14.6. The second kappa shape index (κ2) is 11.9. The average Bonchev–Trinajstić information content (AvgIpc) is 3.07. The predicted octanol–water partition coefficient (Wildman–Crippen LogP) is 11.1. The van der Waals surface area contributed by atoms with E-state index in [9.17, 15) is 9.59 Å². The first-order chi connectivity index (χ1) is 22.9. The van der Waals surface area contributed by atoms with E-state index in [0.717, 1.165) is 33.4 Å². The number of aromatic nitrogens is 2. The summed E-state index contributed by atoms with van der Waals surface area (Å²) in [7, 11) is 0. The van der Waals surface area contributed by atoms with E-state index in [-0.39, 0.29) is 10.9 Å². The summed E-state index contributed by atoms with van der Waals surface area (Å²) in [5.74, 6) is 1.32. The summed E-state index contributed by atoms with van der Waals surface area (Å²) in [5, 5.41) is 2.50. The molecule has 0 aliphatic heterocycles.